The van der Waals surface area contributed by atoms with Crippen LogP contribution in [0, 0.1) is 12.3 Å². The van der Waals surface area contributed by atoms with E-state index in [0.29, 0.717) is 17.3 Å². The summed E-state index contributed by atoms with van der Waals surface area (Å²) < 4.78 is 7.52. The molecule has 21 heavy (non-hydrogen) atoms. The number of hydrogen-bond donors (Lipinski definition) is 0. The second-order valence-corrected chi connectivity index (χ2v) is 4.45. The maximum absolute atomic E-state index is 12.5. The van der Waals surface area contributed by atoms with Gasteiger partial charge in [0.25, 0.3) is 0 Å². The van der Waals surface area contributed by atoms with Crippen LogP contribution >= 0.6 is 0 Å². The minimum atomic E-state index is -0.512. The summed E-state index contributed by atoms with van der Waals surface area (Å²) in [5, 5.41) is 0. The van der Waals surface area contributed by atoms with Gasteiger partial charge in [-0.05, 0) is 12.1 Å². The largest absolute Gasteiger partial charge is 0.497 e. The van der Waals surface area contributed by atoms with Crippen LogP contribution in [0.15, 0.2) is 29.1 Å². The predicted octanol–water partition coefficient (Wildman–Crippen LogP) is 0.675. The summed E-state index contributed by atoms with van der Waals surface area (Å²) in [7, 11) is 1.56. The van der Waals surface area contributed by atoms with Gasteiger partial charge in [-0.25, -0.2) is 14.3 Å². The van der Waals surface area contributed by atoms with E-state index in [9.17, 15) is 9.59 Å². The van der Waals surface area contributed by atoms with Crippen LogP contribution in [0.3, 0.4) is 0 Å². The van der Waals surface area contributed by atoms with Crippen LogP contribution in [-0.4, -0.2) is 27.5 Å². The minimum Gasteiger partial charge on any atom is -0.497 e. The van der Waals surface area contributed by atoms with Gasteiger partial charge in [-0.15, -0.1) is 6.42 Å². The van der Waals surface area contributed by atoms with Crippen LogP contribution in [-0.2, 0) is 13.1 Å². The summed E-state index contributed by atoms with van der Waals surface area (Å²) in [6.07, 6.45) is 5.22. The molecule has 0 radical (unpaired) electrons. The molecular formula is C14H12N4O3. The summed E-state index contributed by atoms with van der Waals surface area (Å²) in [6.45, 7) is 0.225. The average molecular weight is 284 g/mol. The highest BCUT2D eigenvalue weighted by molar-refractivity contribution is 5.95. The van der Waals surface area contributed by atoms with Crippen molar-refractivity contribution in [2.24, 2.45) is 0 Å². The Morgan fingerprint density at radius 2 is 2.24 bits per heavy atom. The monoisotopic (exact) mass is 284 g/mol. The number of anilines is 1. The highest BCUT2D eigenvalue weighted by Crippen LogP contribution is 2.26. The fourth-order valence-electron chi connectivity index (χ4n) is 2.28. The van der Waals surface area contributed by atoms with Gasteiger partial charge in [0.05, 0.1) is 13.7 Å². The Morgan fingerprint density at radius 3 is 2.95 bits per heavy atom. The van der Waals surface area contributed by atoms with Gasteiger partial charge in [0.15, 0.2) is 5.82 Å². The normalized spacial score (nSPS) is 13.1. The number of methoxy groups -OCH3 is 1. The number of carbonyl (C=O) groups excluding carboxylic acids is 1. The van der Waals surface area contributed by atoms with E-state index in [1.165, 1.54) is 9.58 Å². The molecule has 106 valence electrons. The molecule has 0 spiro atoms. The summed E-state index contributed by atoms with van der Waals surface area (Å²) in [4.78, 5) is 29.5. The summed E-state index contributed by atoms with van der Waals surface area (Å²) in [6, 6.07) is 6.75. The molecule has 3 rings (SSSR count). The van der Waals surface area contributed by atoms with Crippen LogP contribution < -0.4 is 15.3 Å². The molecule has 2 aromatic rings. The molecule has 1 amide bonds. The number of aromatic nitrogens is 3. The second kappa shape index (κ2) is 4.83. The SMILES string of the molecule is C#CCn1c(=O)nc2n1C(=O)N(c1cccc(OC)c1)C2. The molecular weight excluding hydrogens is 272 g/mol. The third-order valence-corrected chi connectivity index (χ3v) is 3.25. The first-order chi connectivity index (χ1) is 10.2. The highest BCUT2D eigenvalue weighted by atomic mass is 16.5. The third-order valence-electron chi connectivity index (χ3n) is 3.25. The second-order valence-electron chi connectivity index (χ2n) is 4.45. The zero-order valence-corrected chi connectivity index (χ0v) is 11.3. The zero-order valence-electron chi connectivity index (χ0n) is 11.3. The molecule has 7 heteroatoms. The van der Waals surface area contributed by atoms with E-state index < -0.39 is 5.69 Å². The number of nitrogens with zero attached hydrogens (tertiary/aromatic N) is 4. The third kappa shape index (κ3) is 1.97. The van der Waals surface area contributed by atoms with Gasteiger partial charge in [0, 0.05) is 11.8 Å². The maximum atomic E-state index is 12.5. The van der Waals surface area contributed by atoms with E-state index in [2.05, 4.69) is 10.9 Å². The quantitative estimate of drug-likeness (QED) is 0.777. The van der Waals surface area contributed by atoms with Crippen molar-refractivity contribution in [3.05, 3.63) is 40.6 Å². The van der Waals surface area contributed by atoms with Gasteiger partial charge in [-0.2, -0.15) is 9.67 Å². The first-order valence-electron chi connectivity index (χ1n) is 6.24. The fraction of sp³-hybridized carbons (Fsp3) is 0.214. The van der Waals surface area contributed by atoms with E-state index in [1.807, 2.05) is 0 Å². The molecule has 1 aromatic heterocycles. The smallest absolute Gasteiger partial charge is 0.365 e. The van der Waals surface area contributed by atoms with Crippen molar-refractivity contribution in [1.82, 2.24) is 14.3 Å². The summed E-state index contributed by atoms with van der Waals surface area (Å²) in [5.41, 5.74) is 0.158. The molecule has 7 nitrogen and oxygen atoms in total. The first kappa shape index (κ1) is 13.0. The lowest BCUT2D eigenvalue weighted by atomic mass is 10.3. The minimum absolute atomic E-state index is 0.00350. The van der Waals surface area contributed by atoms with Crippen molar-refractivity contribution in [3.8, 4) is 18.1 Å². The first-order valence-corrected chi connectivity index (χ1v) is 6.24. The predicted molar refractivity (Wildman–Crippen MR) is 75.3 cm³/mol. The average Bonchev–Trinajstić information content (AvgIpc) is 2.97. The van der Waals surface area contributed by atoms with Crippen molar-refractivity contribution in [2.75, 3.05) is 12.0 Å². The molecule has 2 heterocycles. The van der Waals surface area contributed by atoms with E-state index in [4.69, 9.17) is 11.2 Å². The van der Waals surface area contributed by atoms with Crippen LogP contribution in [0.5, 0.6) is 5.75 Å². The molecule has 1 aliphatic heterocycles. The lowest BCUT2D eigenvalue weighted by molar-refractivity contribution is 0.245. The van der Waals surface area contributed by atoms with Crippen LogP contribution in [0.2, 0.25) is 0 Å². The van der Waals surface area contributed by atoms with Gasteiger partial charge in [-0.1, -0.05) is 12.0 Å². The van der Waals surface area contributed by atoms with Crippen LogP contribution in [0.25, 0.3) is 0 Å². The zero-order chi connectivity index (χ0) is 15.0. The van der Waals surface area contributed by atoms with E-state index in [1.54, 1.807) is 31.4 Å². The van der Waals surface area contributed by atoms with Crippen molar-refractivity contribution in [2.45, 2.75) is 13.1 Å². The van der Waals surface area contributed by atoms with Gasteiger partial charge in [0.2, 0.25) is 0 Å². The maximum Gasteiger partial charge on any atom is 0.365 e. The van der Waals surface area contributed by atoms with Gasteiger partial charge in [0.1, 0.15) is 12.3 Å². The Hall–Kier alpha value is -3.01. The Morgan fingerprint density at radius 1 is 1.43 bits per heavy atom. The van der Waals surface area contributed by atoms with Crippen molar-refractivity contribution >= 4 is 11.7 Å². The topological polar surface area (TPSA) is 69.4 Å². The van der Waals surface area contributed by atoms with E-state index >= 15 is 0 Å². The molecule has 1 aromatic carbocycles. The molecule has 0 saturated heterocycles. The number of hydrogen-bond acceptors (Lipinski definition) is 4. The fourth-order valence-corrected chi connectivity index (χ4v) is 2.28. The molecule has 0 saturated carbocycles. The lowest BCUT2D eigenvalue weighted by Crippen LogP contribution is -2.33. The van der Waals surface area contributed by atoms with E-state index in [0.717, 1.165) is 4.68 Å². The van der Waals surface area contributed by atoms with Crippen molar-refractivity contribution in [3.63, 3.8) is 0 Å². The molecule has 0 bridgehead atoms. The number of ether oxygens (including phenoxy) is 1. The summed E-state index contributed by atoms with van der Waals surface area (Å²) in [5.74, 6) is 3.37. The number of fused-ring (bicyclic) bond motifs is 1. The summed E-state index contributed by atoms with van der Waals surface area (Å²) >= 11 is 0. The van der Waals surface area contributed by atoms with Crippen molar-refractivity contribution < 1.29 is 9.53 Å². The molecule has 0 atom stereocenters. The Kier molecular flexibility index (Phi) is 2.99. The Balaban J connectivity index is 2.01. The number of carbonyl (C=O) groups is 1. The number of benzene rings is 1. The van der Waals surface area contributed by atoms with Crippen molar-refractivity contribution in [1.29, 1.82) is 0 Å². The van der Waals surface area contributed by atoms with Gasteiger partial charge >= 0.3 is 11.7 Å². The standard InChI is InChI=1S/C14H12N4O3/c1-3-7-17-13(19)15-12-9-16(14(20)18(12)17)10-5-4-6-11(8-10)21-2/h1,4-6,8H,7,9H2,2H3. The molecule has 1 aliphatic rings. The molecule has 0 unspecified atom stereocenters. The lowest BCUT2D eigenvalue weighted by Gasteiger charge is -2.16. The number of amides is 1. The van der Waals surface area contributed by atoms with Crippen LogP contribution in [0.1, 0.15) is 5.82 Å². The molecule has 0 fully saturated rings. The van der Waals surface area contributed by atoms with Crippen LogP contribution in [0.4, 0.5) is 10.5 Å². The Labute approximate surface area is 120 Å². The van der Waals surface area contributed by atoms with Gasteiger partial charge in [-0.3, -0.25) is 4.90 Å². The number of rotatable bonds is 3. The highest BCUT2D eigenvalue weighted by Gasteiger charge is 2.33. The molecule has 0 N–H and O–H groups in total. The van der Waals surface area contributed by atoms with Gasteiger partial charge < -0.3 is 4.74 Å². The molecule has 0 aliphatic carbocycles. The Bertz CT molecular complexity index is 812. The van der Waals surface area contributed by atoms with E-state index in [-0.39, 0.29) is 19.1 Å². The number of terminal acetylenes is 1.